The van der Waals surface area contributed by atoms with E-state index in [2.05, 4.69) is 66.2 Å². The molecular weight excluding hydrogens is 500 g/mol. The molecule has 3 atom stereocenters. The highest BCUT2D eigenvalue weighted by molar-refractivity contribution is 5.89. The lowest BCUT2D eigenvalue weighted by atomic mass is 9.88. The summed E-state index contributed by atoms with van der Waals surface area (Å²) in [5.41, 5.74) is 2.21. The number of carbonyl (C=O) groups is 2. The summed E-state index contributed by atoms with van der Waals surface area (Å²) >= 11 is 0. The predicted octanol–water partition coefficient (Wildman–Crippen LogP) is 6.00. The first-order valence-electron chi connectivity index (χ1n) is 15.2. The van der Waals surface area contributed by atoms with Gasteiger partial charge in [0.25, 0.3) is 0 Å². The van der Waals surface area contributed by atoms with Crippen LogP contribution < -0.4 is 5.32 Å². The number of hydrogen-bond donors (Lipinski definition) is 2. The van der Waals surface area contributed by atoms with Crippen molar-refractivity contribution >= 4 is 17.7 Å². The zero-order valence-electron chi connectivity index (χ0n) is 24.5. The molecule has 1 saturated heterocycles. The molecule has 1 aliphatic heterocycles. The van der Waals surface area contributed by atoms with Gasteiger partial charge < -0.3 is 20.2 Å². The van der Waals surface area contributed by atoms with E-state index >= 15 is 0 Å². The van der Waals surface area contributed by atoms with Crippen LogP contribution in [0.5, 0.6) is 0 Å². The number of nitrogens with one attached hydrogen (secondary N) is 1. The second kappa shape index (κ2) is 14.6. The van der Waals surface area contributed by atoms with Gasteiger partial charge in [-0.1, -0.05) is 69.3 Å². The van der Waals surface area contributed by atoms with Crippen LogP contribution in [0.2, 0.25) is 0 Å². The maximum absolute atomic E-state index is 13.2. The van der Waals surface area contributed by atoms with Gasteiger partial charge >= 0.3 is 12.0 Å². The third-order valence-electron chi connectivity index (χ3n) is 8.59. The minimum absolute atomic E-state index is 0.00190. The van der Waals surface area contributed by atoms with Crippen LogP contribution in [-0.4, -0.2) is 83.2 Å². The monoisotopic (exact) mass is 548 g/mol. The molecule has 2 fully saturated rings. The lowest BCUT2D eigenvalue weighted by molar-refractivity contribution is -0.139. The van der Waals surface area contributed by atoms with Crippen molar-refractivity contribution < 1.29 is 14.7 Å². The summed E-state index contributed by atoms with van der Waals surface area (Å²) in [4.78, 5) is 31.7. The van der Waals surface area contributed by atoms with Gasteiger partial charge in [-0.15, -0.1) is 0 Å². The van der Waals surface area contributed by atoms with Gasteiger partial charge in [0.05, 0.1) is 6.54 Å². The van der Waals surface area contributed by atoms with Gasteiger partial charge in [0.15, 0.2) is 0 Å². The second-order valence-corrected chi connectivity index (χ2v) is 12.1. The highest BCUT2D eigenvalue weighted by Gasteiger charge is 2.40. The first-order chi connectivity index (χ1) is 19.3. The molecule has 4 rings (SSSR count). The van der Waals surface area contributed by atoms with Crippen molar-refractivity contribution in [1.82, 2.24) is 14.7 Å². The molecule has 1 saturated carbocycles. The Morgan fingerprint density at radius 1 is 0.975 bits per heavy atom. The first-order valence-corrected chi connectivity index (χ1v) is 15.2. The predicted molar refractivity (Wildman–Crippen MR) is 162 cm³/mol. The van der Waals surface area contributed by atoms with Crippen LogP contribution in [0.1, 0.15) is 64.4 Å². The average Bonchev–Trinajstić information content (AvgIpc) is 3.36. The Labute approximate surface area is 240 Å². The summed E-state index contributed by atoms with van der Waals surface area (Å²) < 4.78 is 0. The first kappa shape index (κ1) is 30.1. The van der Waals surface area contributed by atoms with E-state index in [4.69, 9.17) is 0 Å². The lowest BCUT2D eigenvalue weighted by Gasteiger charge is -2.39. The molecule has 2 amide bonds. The summed E-state index contributed by atoms with van der Waals surface area (Å²) in [6.45, 7) is 11.1. The van der Waals surface area contributed by atoms with Gasteiger partial charge in [0, 0.05) is 50.5 Å². The molecule has 2 aliphatic rings. The van der Waals surface area contributed by atoms with E-state index in [-0.39, 0.29) is 24.7 Å². The molecule has 1 aliphatic carbocycles. The number of para-hydroxylation sites is 1. The number of carboxylic acid groups (broad SMARTS) is 1. The summed E-state index contributed by atoms with van der Waals surface area (Å²) in [5.74, 6) is 0.606. The number of urea groups is 1. The van der Waals surface area contributed by atoms with E-state index in [1.807, 2.05) is 35.2 Å². The molecule has 0 spiro atoms. The van der Waals surface area contributed by atoms with Crippen LogP contribution in [-0.2, 0) is 4.79 Å². The van der Waals surface area contributed by atoms with Gasteiger partial charge in [0.1, 0.15) is 0 Å². The Morgan fingerprint density at radius 2 is 1.62 bits per heavy atom. The largest absolute Gasteiger partial charge is 0.480 e. The van der Waals surface area contributed by atoms with Crippen LogP contribution in [0, 0.1) is 11.8 Å². The van der Waals surface area contributed by atoms with Crippen molar-refractivity contribution in [2.45, 2.75) is 70.9 Å². The average molecular weight is 549 g/mol. The number of anilines is 1. The summed E-state index contributed by atoms with van der Waals surface area (Å²) in [7, 11) is 0. The maximum Gasteiger partial charge on any atom is 0.322 e. The highest BCUT2D eigenvalue weighted by atomic mass is 16.4. The Hall–Kier alpha value is -2.90. The van der Waals surface area contributed by atoms with Crippen LogP contribution in [0.25, 0.3) is 0 Å². The fourth-order valence-corrected chi connectivity index (χ4v) is 6.84. The fourth-order valence-electron chi connectivity index (χ4n) is 6.84. The number of likely N-dealkylation sites (tertiary alicyclic amines) is 1. The summed E-state index contributed by atoms with van der Waals surface area (Å²) in [6, 6.07) is 21.0. The molecule has 7 nitrogen and oxygen atoms in total. The summed E-state index contributed by atoms with van der Waals surface area (Å²) in [6.07, 6.45) is 4.93. The zero-order valence-corrected chi connectivity index (χ0v) is 24.5. The van der Waals surface area contributed by atoms with E-state index in [0.29, 0.717) is 17.8 Å². The maximum atomic E-state index is 13.2. The van der Waals surface area contributed by atoms with E-state index in [1.165, 1.54) is 5.56 Å². The van der Waals surface area contributed by atoms with E-state index in [0.717, 1.165) is 70.5 Å². The highest BCUT2D eigenvalue weighted by Crippen LogP contribution is 2.42. The number of piperidine rings is 1. The van der Waals surface area contributed by atoms with Crippen molar-refractivity contribution in [2.24, 2.45) is 11.8 Å². The van der Waals surface area contributed by atoms with Gasteiger partial charge in [-0.25, -0.2) is 4.79 Å². The van der Waals surface area contributed by atoms with Crippen molar-refractivity contribution in [1.29, 1.82) is 0 Å². The Kier molecular flexibility index (Phi) is 11.0. The van der Waals surface area contributed by atoms with Crippen LogP contribution in [0.4, 0.5) is 10.5 Å². The smallest absolute Gasteiger partial charge is 0.322 e. The van der Waals surface area contributed by atoms with Gasteiger partial charge in [-0.05, 0) is 67.6 Å². The topological polar surface area (TPSA) is 76.1 Å². The molecule has 0 aromatic heterocycles. The normalized spacial score (nSPS) is 22.1. The molecule has 40 heavy (non-hydrogen) atoms. The van der Waals surface area contributed by atoms with Gasteiger partial charge in [-0.3, -0.25) is 9.69 Å². The number of nitrogens with zero attached hydrogens (tertiary/aromatic N) is 3. The molecule has 1 unspecified atom stereocenters. The van der Waals surface area contributed by atoms with E-state index in [1.54, 1.807) is 0 Å². The quantitative estimate of drug-likeness (QED) is 0.340. The van der Waals surface area contributed by atoms with Gasteiger partial charge in [0.2, 0.25) is 0 Å². The van der Waals surface area contributed by atoms with Crippen LogP contribution in [0.15, 0.2) is 60.7 Å². The van der Waals surface area contributed by atoms with E-state index in [9.17, 15) is 14.7 Å². The molecule has 2 aromatic rings. The van der Waals surface area contributed by atoms with Crippen molar-refractivity contribution in [3.63, 3.8) is 0 Å². The van der Waals surface area contributed by atoms with Gasteiger partial charge in [-0.2, -0.15) is 0 Å². The fraction of sp³-hybridized carbons (Fsp3) is 0.576. The number of carboxylic acids is 1. The molecule has 0 radical (unpaired) electrons. The molecule has 218 valence electrons. The second-order valence-electron chi connectivity index (χ2n) is 12.1. The Balaban J connectivity index is 1.40. The number of carbonyl (C=O) groups excluding carboxylic acids is 1. The molecule has 2 N–H and O–H groups in total. The Bertz CT molecular complexity index is 1060. The van der Waals surface area contributed by atoms with E-state index < -0.39 is 5.97 Å². The molecular formula is C33H48N4O3. The SMILES string of the molecule is CCCN(C(=O)Nc1ccccc1)C1CCN(C[C@H]2CC(N(CC(=O)O)CC(C)C)C[C@@H]2c2ccccc2)CC1. The number of aliphatic carboxylic acids is 1. The number of amides is 2. The van der Waals surface area contributed by atoms with Crippen LogP contribution >= 0.6 is 0 Å². The number of benzene rings is 2. The zero-order chi connectivity index (χ0) is 28.5. The number of hydrogen-bond acceptors (Lipinski definition) is 4. The lowest BCUT2D eigenvalue weighted by Crippen LogP contribution is -2.49. The third-order valence-corrected chi connectivity index (χ3v) is 8.59. The molecule has 7 heteroatoms. The van der Waals surface area contributed by atoms with Crippen LogP contribution in [0.3, 0.4) is 0 Å². The van der Waals surface area contributed by atoms with Crippen molar-refractivity contribution in [3.05, 3.63) is 66.2 Å². The number of rotatable bonds is 12. The minimum atomic E-state index is -0.740. The Morgan fingerprint density at radius 3 is 2.23 bits per heavy atom. The van der Waals surface area contributed by atoms with Crippen molar-refractivity contribution in [3.8, 4) is 0 Å². The minimum Gasteiger partial charge on any atom is -0.480 e. The molecule has 0 bridgehead atoms. The molecule has 2 aromatic carbocycles. The standard InChI is InChI=1S/C33H48N4O3/c1-4-17-37(33(40)34-28-13-9-6-10-14-28)29-15-18-35(19-16-29)23-27-20-30(36(22-25(2)3)24-32(38)39)21-31(27)26-11-7-5-8-12-26/h5-14,25,27,29-31H,4,15-24H2,1-3H3,(H,34,40)(H,38,39)/t27-,30?,31-/m1/s1. The molecule has 1 heterocycles. The van der Waals surface area contributed by atoms with Crippen molar-refractivity contribution in [2.75, 3.05) is 44.6 Å². The third kappa shape index (κ3) is 8.31. The summed E-state index contributed by atoms with van der Waals surface area (Å²) in [5, 5.41) is 12.7.